The van der Waals surface area contributed by atoms with Crippen LogP contribution in [0.15, 0.2) is 40.8 Å². The number of carbonyl (C=O) groups is 2. The number of ketones is 2. The van der Waals surface area contributed by atoms with Crippen LogP contribution in [0.3, 0.4) is 0 Å². The van der Waals surface area contributed by atoms with Gasteiger partial charge in [0, 0.05) is 12.5 Å². The number of hydrogen-bond donors (Lipinski definition) is 2. The number of aromatic hydroxyl groups is 2. The molecule has 0 radical (unpaired) electrons. The van der Waals surface area contributed by atoms with Gasteiger partial charge in [0.15, 0.2) is 22.4 Å². The molecule has 3 aromatic heterocycles. The fraction of sp³-hybridized carbons (Fsp3) is 0.136. The van der Waals surface area contributed by atoms with Crippen LogP contribution in [0.2, 0.25) is 0 Å². The fourth-order valence-electron chi connectivity index (χ4n) is 3.34. The van der Waals surface area contributed by atoms with Crippen LogP contribution >= 0.6 is 11.3 Å². The molecule has 0 atom stereocenters. The van der Waals surface area contributed by atoms with Gasteiger partial charge in [-0.2, -0.15) is 0 Å². The molecule has 0 spiro atoms. The summed E-state index contributed by atoms with van der Waals surface area (Å²) in [5.41, 5.74) is -0.0683. The third-order valence-corrected chi connectivity index (χ3v) is 5.98. The van der Waals surface area contributed by atoms with E-state index in [1.54, 1.807) is 26.0 Å². The van der Waals surface area contributed by atoms with Gasteiger partial charge in [0.25, 0.3) is 0 Å². The van der Waals surface area contributed by atoms with Gasteiger partial charge in [-0.1, -0.05) is 23.5 Å². The number of aromatic nitrogens is 2. The van der Waals surface area contributed by atoms with Gasteiger partial charge in [-0.25, -0.2) is 9.37 Å². The first-order valence-electron chi connectivity index (χ1n) is 9.22. The van der Waals surface area contributed by atoms with Crippen LogP contribution < -0.4 is 0 Å². The first-order valence-corrected chi connectivity index (χ1v) is 10.0. The van der Waals surface area contributed by atoms with Gasteiger partial charge < -0.3 is 14.6 Å². The van der Waals surface area contributed by atoms with E-state index in [0.717, 1.165) is 15.9 Å². The van der Waals surface area contributed by atoms with E-state index in [0.29, 0.717) is 16.3 Å². The van der Waals surface area contributed by atoms with Crippen LogP contribution in [0.4, 0.5) is 4.39 Å². The van der Waals surface area contributed by atoms with Crippen LogP contribution in [0, 0.1) is 19.7 Å². The molecule has 0 saturated heterocycles. The van der Waals surface area contributed by atoms with Crippen LogP contribution in [0.25, 0.3) is 16.4 Å². The number of carbonyl (C=O) groups excluding carboxylic acids is 2. The van der Waals surface area contributed by atoms with Crippen molar-refractivity contribution in [2.75, 3.05) is 0 Å². The van der Waals surface area contributed by atoms with Gasteiger partial charge in [-0.15, -0.1) is 0 Å². The standard InChI is InChI=1S/C22H17FN2O5S/c1-10-8-9-15(30-10)18(27)16-17(13-6-4-5-7-14(13)23)25(21(29)19(16)28)22-24-11(2)20(31-22)12(3)26/h4-9,28-29H,1-3H3. The van der Waals surface area contributed by atoms with Crippen molar-refractivity contribution in [3.8, 4) is 28.0 Å². The van der Waals surface area contributed by atoms with Crippen molar-refractivity contribution in [3.05, 3.63) is 69.9 Å². The lowest BCUT2D eigenvalue weighted by Crippen LogP contribution is -2.05. The molecule has 4 rings (SSSR count). The number of nitrogens with zero attached hydrogens (tertiary/aromatic N) is 2. The zero-order valence-corrected chi connectivity index (χ0v) is 17.6. The second kappa shape index (κ2) is 7.51. The lowest BCUT2D eigenvalue weighted by molar-refractivity contribution is 0.100. The van der Waals surface area contributed by atoms with Crippen molar-refractivity contribution in [3.63, 3.8) is 0 Å². The fourth-order valence-corrected chi connectivity index (χ4v) is 4.31. The third-order valence-electron chi connectivity index (χ3n) is 4.74. The highest BCUT2D eigenvalue weighted by molar-refractivity contribution is 7.16. The Morgan fingerprint density at radius 3 is 2.42 bits per heavy atom. The number of thiazole rings is 1. The number of aryl methyl sites for hydroxylation is 2. The summed E-state index contributed by atoms with van der Waals surface area (Å²) >= 11 is 0.957. The molecule has 4 aromatic rings. The number of benzene rings is 1. The third kappa shape index (κ3) is 3.32. The van der Waals surface area contributed by atoms with E-state index in [2.05, 4.69) is 4.98 Å². The summed E-state index contributed by atoms with van der Waals surface area (Å²) in [7, 11) is 0. The minimum atomic E-state index is -0.741. The van der Waals surface area contributed by atoms with E-state index >= 15 is 0 Å². The molecule has 0 aliphatic rings. The molecule has 7 nitrogen and oxygen atoms in total. The van der Waals surface area contributed by atoms with Gasteiger partial charge >= 0.3 is 0 Å². The summed E-state index contributed by atoms with van der Waals surface area (Å²) in [5, 5.41) is 21.5. The Hall–Kier alpha value is -3.72. The summed E-state index contributed by atoms with van der Waals surface area (Å²) in [6, 6.07) is 8.65. The first-order chi connectivity index (χ1) is 14.7. The average Bonchev–Trinajstić information content (AvgIpc) is 3.39. The largest absolute Gasteiger partial charge is 0.503 e. The first kappa shape index (κ1) is 20.5. The summed E-state index contributed by atoms with van der Waals surface area (Å²) in [6.45, 7) is 4.65. The highest BCUT2D eigenvalue weighted by Crippen LogP contribution is 2.45. The van der Waals surface area contributed by atoms with E-state index in [4.69, 9.17) is 4.42 Å². The van der Waals surface area contributed by atoms with Crippen LogP contribution in [0.5, 0.6) is 11.6 Å². The minimum Gasteiger partial charge on any atom is -0.503 e. The Bertz CT molecular complexity index is 1350. The molecule has 0 bridgehead atoms. The maximum Gasteiger partial charge on any atom is 0.242 e. The molecule has 31 heavy (non-hydrogen) atoms. The number of Topliss-reactive ketones (excluding diaryl/α,β-unsaturated/α-hetero) is 1. The number of furan rings is 1. The molecular weight excluding hydrogens is 423 g/mol. The van der Waals surface area contributed by atoms with E-state index in [1.165, 1.54) is 31.2 Å². The number of hydrogen-bond acceptors (Lipinski definition) is 7. The Balaban J connectivity index is 2.06. The molecule has 2 N–H and O–H groups in total. The Kier molecular flexibility index (Phi) is 4.98. The van der Waals surface area contributed by atoms with E-state index in [-0.39, 0.29) is 33.5 Å². The van der Waals surface area contributed by atoms with E-state index in [9.17, 15) is 24.2 Å². The van der Waals surface area contributed by atoms with Gasteiger partial charge in [0.05, 0.1) is 21.8 Å². The van der Waals surface area contributed by atoms with Gasteiger partial charge in [-0.05, 0) is 38.1 Å². The van der Waals surface area contributed by atoms with Crippen molar-refractivity contribution < 1.29 is 28.6 Å². The lowest BCUT2D eigenvalue weighted by atomic mass is 10.0. The van der Waals surface area contributed by atoms with E-state index < -0.39 is 23.2 Å². The van der Waals surface area contributed by atoms with E-state index in [1.807, 2.05) is 0 Å². The van der Waals surface area contributed by atoms with Crippen LogP contribution in [0.1, 0.15) is 44.2 Å². The molecule has 0 saturated carbocycles. The van der Waals surface area contributed by atoms with Crippen molar-refractivity contribution in [1.82, 2.24) is 9.55 Å². The highest BCUT2D eigenvalue weighted by atomic mass is 32.1. The molecule has 158 valence electrons. The van der Waals surface area contributed by atoms with Gasteiger partial charge in [0.1, 0.15) is 11.6 Å². The van der Waals surface area contributed by atoms with Crippen molar-refractivity contribution in [2.45, 2.75) is 20.8 Å². The summed E-state index contributed by atoms with van der Waals surface area (Å²) < 4.78 is 21.2. The maximum absolute atomic E-state index is 14.8. The summed E-state index contributed by atoms with van der Waals surface area (Å²) in [5.74, 6) is -2.69. The topological polar surface area (TPSA) is 106 Å². The normalized spacial score (nSPS) is 11.1. The van der Waals surface area contributed by atoms with Gasteiger partial charge in [0.2, 0.25) is 11.7 Å². The van der Waals surface area contributed by atoms with Gasteiger partial charge in [-0.3, -0.25) is 14.2 Å². The summed E-state index contributed by atoms with van der Waals surface area (Å²) in [6.07, 6.45) is 0. The van der Waals surface area contributed by atoms with Crippen molar-refractivity contribution in [2.24, 2.45) is 0 Å². The smallest absolute Gasteiger partial charge is 0.242 e. The molecule has 0 aliphatic carbocycles. The molecule has 3 heterocycles. The zero-order valence-electron chi connectivity index (χ0n) is 16.8. The predicted molar refractivity (Wildman–Crippen MR) is 112 cm³/mol. The molecule has 9 heteroatoms. The lowest BCUT2D eigenvalue weighted by Gasteiger charge is -2.09. The monoisotopic (exact) mass is 440 g/mol. The van der Waals surface area contributed by atoms with Crippen LogP contribution in [-0.4, -0.2) is 31.3 Å². The van der Waals surface area contributed by atoms with Crippen molar-refractivity contribution >= 4 is 22.9 Å². The van der Waals surface area contributed by atoms with Crippen molar-refractivity contribution in [1.29, 1.82) is 0 Å². The predicted octanol–water partition coefficient (Wildman–Crippen LogP) is 4.79. The molecule has 0 fully saturated rings. The summed E-state index contributed by atoms with van der Waals surface area (Å²) in [4.78, 5) is 29.7. The molecular formula is C22H17FN2O5S. The highest BCUT2D eigenvalue weighted by Gasteiger charge is 2.33. The maximum atomic E-state index is 14.8. The Morgan fingerprint density at radius 2 is 1.84 bits per heavy atom. The Morgan fingerprint density at radius 1 is 1.13 bits per heavy atom. The second-order valence-corrected chi connectivity index (χ2v) is 7.90. The second-order valence-electron chi connectivity index (χ2n) is 6.92. The SMILES string of the molecule is CC(=O)c1sc(-n2c(O)c(O)c(C(=O)c3ccc(C)o3)c2-c2ccccc2F)nc1C. The van der Waals surface area contributed by atoms with Crippen LogP contribution in [-0.2, 0) is 0 Å². The average molecular weight is 440 g/mol. The molecule has 0 aliphatic heterocycles. The molecule has 1 aromatic carbocycles. The molecule has 0 amide bonds. The number of halogens is 1. The molecule has 0 unspecified atom stereocenters. The zero-order chi connectivity index (χ0) is 22.4. The quantitative estimate of drug-likeness (QED) is 0.432. The Labute approximate surface area is 180 Å². The minimum absolute atomic E-state index is 0.0399. The number of rotatable bonds is 5.